The molecule has 3 heterocycles. The molecular formula is C20H20FN3O4S. The van der Waals surface area contributed by atoms with Crippen molar-refractivity contribution in [3.63, 3.8) is 0 Å². The molecule has 0 atom stereocenters. The van der Waals surface area contributed by atoms with Crippen molar-refractivity contribution in [2.75, 3.05) is 13.1 Å². The first-order chi connectivity index (χ1) is 13.9. The van der Waals surface area contributed by atoms with Crippen molar-refractivity contribution in [3.05, 3.63) is 65.7 Å². The van der Waals surface area contributed by atoms with Gasteiger partial charge in [0.25, 0.3) is 16.5 Å². The molecule has 0 spiro atoms. The lowest BCUT2D eigenvalue weighted by Crippen LogP contribution is -2.20. The van der Waals surface area contributed by atoms with Gasteiger partial charge in [-0.3, -0.25) is 9.78 Å². The molecule has 0 amide bonds. The molecule has 0 saturated heterocycles. The fourth-order valence-electron chi connectivity index (χ4n) is 3.22. The largest absolute Gasteiger partial charge is 0.483 e. The third kappa shape index (κ3) is 4.06. The zero-order valence-corrected chi connectivity index (χ0v) is 16.5. The summed E-state index contributed by atoms with van der Waals surface area (Å²) in [4.78, 5) is 12.8. The molecule has 0 unspecified atom stereocenters. The highest BCUT2D eigenvalue weighted by Crippen LogP contribution is 2.31. The molecule has 1 aromatic carbocycles. The number of pyridine rings is 1. The van der Waals surface area contributed by atoms with Crippen LogP contribution in [0, 0.1) is 12.7 Å². The van der Waals surface area contributed by atoms with Gasteiger partial charge in [0.15, 0.2) is 0 Å². The first-order valence-electron chi connectivity index (χ1n) is 8.86. The maximum absolute atomic E-state index is 13.6. The fraction of sp³-hybridized carbons (Fsp3) is 0.200. The number of nitrogens with zero attached hydrogens (tertiary/aromatic N) is 2. The fourth-order valence-corrected chi connectivity index (χ4v) is 4.67. The Morgan fingerprint density at radius 1 is 1.31 bits per heavy atom. The van der Waals surface area contributed by atoms with E-state index in [-0.39, 0.29) is 11.4 Å². The molecule has 4 rings (SSSR count). The molecule has 0 aliphatic carbocycles. The zero-order chi connectivity index (χ0) is 21.0. The Bertz CT molecular complexity index is 1190. The molecule has 0 fully saturated rings. The van der Waals surface area contributed by atoms with Crippen LogP contribution in [0.3, 0.4) is 0 Å². The minimum atomic E-state index is -3.86. The molecule has 9 heteroatoms. The molecule has 1 aliphatic rings. The van der Waals surface area contributed by atoms with Gasteiger partial charge in [0, 0.05) is 24.5 Å². The van der Waals surface area contributed by atoms with E-state index in [9.17, 15) is 12.8 Å². The van der Waals surface area contributed by atoms with E-state index >= 15 is 0 Å². The highest BCUT2D eigenvalue weighted by molar-refractivity contribution is 7.90. The summed E-state index contributed by atoms with van der Waals surface area (Å²) in [6.07, 6.45) is 6.16. The third-order valence-electron chi connectivity index (χ3n) is 4.62. The van der Waals surface area contributed by atoms with Gasteiger partial charge in [-0.25, -0.2) is 16.8 Å². The summed E-state index contributed by atoms with van der Waals surface area (Å²) in [6, 6.07) is 7.29. The Balaban J connectivity index is 0.000000755. The Labute approximate surface area is 167 Å². The number of halogens is 1. The Morgan fingerprint density at radius 3 is 2.72 bits per heavy atom. The normalized spacial score (nSPS) is 14.1. The van der Waals surface area contributed by atoms with Crippen LogP contribution in [0.1, 0.15) is 17.5 Å². The maximum Gasteiger partial charge on any atom is 0.290 e. The van der Waals surface area contributed by atoms with Crippen molar-refractivity contribution < 1.29 is 22.7 Å². The van der Waals surface area contributed by atoms with Crippen LogP contribution >= 0.6 is 0 Å². The molecule has 0 bridgehead atoms. The summed E-state index contributed by atoms with van der Waals surface area (Å²) in [6.45, 7) is 2.89. The van der Waals surface area contributed by atoms with E-state index in [1.807, 2.05) is 0 Å². The van der Waals surface area contributed by atoms with E-state index < -0.39 is 15.8 Å². The summed E-state index contributed by atoms with van der Waals surface area (Å²) in [5.41, 5.74) is 3.37. The van der Waals surface area contributed by atoms with Crippen LogP contribution in [0.2, 0.25) is 0 Å². The molecule has 0 saturated carbocycles. The molecule has 7 nitrogen and oxygen atoms in total. The summed E-state index contributed by atoms with van der Waals surface area (Å²) >= 11 is 0. The van der Waals surface area contributed by atoms with Crippen molar-refractivity contribution in [2.24, 2.45) is 0 Å². The number of aryl methyl sites for hydroxylation is 1. The van der Waals surface area contributed by atoms with Crippen molar-refractivity contribution >= 4 is 33.1 Å². The highest BCUT2D eigenvalue weighted by atomic mass is 32.2. The lowest BCUT2D eigenvalue weighted by atomic mass is 10.0. The van der Waals surface area contributed by atoms with Crippen molar-refractivity contribution in [1.29, 1.82) is 0 Å². The van der Waals surface area contributed by atoms with Crippen molar-refractivity contribution in [1.82, 2.24) is 14.3 Å². The number of rotatable bonds is 3. The van der Waals surface area contributed by atoms with E-state index in [2.05, 4.69) is 16.4 Å². The van der Waals surface area contributed by atoms with Crippen LogP contribution in [0.25, 0.3) is 16.6 Å². The van der Waals surface area contributed by atoms with Crippen molar-refractivity contribution in [3.8, 4) is 0 Å². The Hall–Kier alpha value is -3.04. The molecule has 2 N–H and O–H groups in total. The van der Waals surface area contributed by atoms with E-state index in [1.165, 1.54) is 22.2 Å². The monoisotopic (exact) mass is 417 g/mol. The van der Waals surface area contributed by atoms with Gasteiger partial charge in [-0.05, 0) is 61.4 Å². The summed E-state index contributed by atoms with van der Waals surface area (Å²) in [5, 5.41) is 10.1. The lowest BCUT2D eigenvalue weighted by molar-refractivity contribution is -0.122. The highest BCUT2D eigenvalue weighted by Gasteiger charge is 2.24. The Morgan fingerprint density at radius 2 is 2.07 bits per heavy atom. The number of carbonyl (C=O) groups is 1. The van der Waals surface area contributed by atoms with Gasteiger partial charge in [0.1, 0.15) is 5.82 Å². The van der Waals surface area contributed by atoms with Gasteiger partial charge < -0.3 is 10.4 Å². The molecule has 0 radical (unpaired) electrons. The number of nitrogens with one attached hydrogen (secondary N) is 1. The zero-order valence-electron chi connectivity index (χ0n) is 15.7. The smallest absolute Gasteiger partial charge is 0.290 e. The van der Waals surface area contributed by atoms with E-state index in [0.29, 0.717) is 16.6 Å². The molecular weight excluding hydrogens is 397 g/mol. The number of benzene rings is 1. The SMILES string of the molecule is Cc1cc(S(=O)(=O)n2cc(C3=CCNCC3)c3ncccc32)ccc1F.O=CO. The van der Waals surface area contributed by atoms with Gasteiger partial charge in [0.05, 0.1) is 15.9 Å². The van der Waals surface area contributed by atoms with Crippen LogP contribution < -0.4 is 5.32 Å². The number of carboxylic acid groups (broad SMARTS) is 1. The standard InChI is InChI=1S/C19H18FN3O2S.CH2O2/c1-13-11-15(4-5-17(13)20)26(24,25)23-12-16(14-6-9-21-10-7-14)19-18(23)3-2-8-22-19;2-1-3/h2-6,8,11-12,21H,7,9-10H2,1H3;1H,(H,2,3). The number of aromatic nitrogens is 2. The second kappa shape index (κ2) is 8.54. The number of hydrogen-bond acceptors (Lipinski definition) is 5. The second-order valence-electron chi connectivity index (χ2n) is 6.41. The second-order valence-corrected chi connectivity index (χ2v) is 8.23. The van der Waals surface area contributed by atoms with Crippen LogP contribution in [-0.2, 0) is 14.8 Å². The topological polar surface area (TPSA) is 101 Å². The van der Waals surface area contributed by atoms with Crippen molar-refractivity contribution in [2.45, 2.75) is 18.2 Å². The van der Waals surface area contributed by atoms with Crippen LogP contribution in [0.15, 0.2) is 53.7 Å². The van der Waals surface area contributed by atoms with E-state index in [0.717, 1.165) is 30.6 Å². The minimum absolute atomic E-state index is 0.0583. The van der Waals surface area contributed by atoms with Gasteiger partial charge in [-0.1, -0.05) is 6.08 Å². The van der Waals surface area contributed by atoms with Gasteiger partial charge in [0.2, 0.25) is 0 Å². The Kier molecular flexibility index (Phi) is 6.09. The average Bonchev–Trinajstić information content (AvgIpc) is 3.12. The predicted octanol–water partition coefficient (Wildman–Crippen LogP) is 2.80. The number of fused-ring (bicyclic) bond motifs is 1. The predicted molar refractivity (Wildman–Crippen MR) is 108 cm³/mol. The number of hydrogen-bond donors (Lipinski definition) is 2. The average molecular weight is 417 g/mol. The summed E-state index contributed by atoms with van der Waals surface area (Å²) in [5.74, 6) is -0.427. The molecule has 3 aromatic rings. The quantitative estimate of drug-likeness (QED) is 0.636. The van der Waals surface area contributed by atoms with E-state index in [1.54, 1.807) is 31.5 Å². The lowest BCUT2D eigenvalue weighted by Gasteiger charge is -2.12. The van der Waals surface area contributed by atoms with Crippen LogP contribution in [0.5, 0.6) is 0 Å². The minimum Gasteiger partial charge on any atom is -0.483 e. The van der Waals surface area contributed by atoms with Gasteiger partial charge >= 0.3 is 0 Å². The third-order valence-corrected chi connectivity index (χ3v) is 6.29. The first kappa shape index (κ1) is 20.7. The molecule has 29 heavy (non-hydrogen) atoms. The summed E-state index contributed by atoms with van der Waals surface area (Å²) < 4.78 is 41.2. The molecule has 2 aromatic heterocycles. The first-order valence-corrected chi connectivity index (χ1v) is 10.3. The maximum atomic E-state index is 13.6. The van der Waals surface area contributed by atoms with Crippen LogP contribution in [0.4, 0.5) is 4.39 Å². The van der Waals surface area contributed by atoms with Crippen LogP contribution in [-0.4, -0.2) is 42.0 Å². The van der Waals surface area contributed by atoms with E-state index in [4.69, 9.17) is 9.90 Å². The molecule has 152 valence electrons. The molecule has 1 aliphatic heterocycles. The summed E-state index contributed by atoms with van der Waals surface area (Å²) in [7, 11) is -3.86. The van der Waals surface area contributed by atoms with Gasteiger partial charge in [-0.2, -0.15) is 0 Å². The van der Waals surface area contributed by atoms with Gasteiger partial charge in [-0.15, -0.1) is 0 Å².